The lowest BCUT2D eigenvalue weighted by Gasteiger charge is -2.54. The number of hydrogen-bond donors (Lipinski definition) is 0. The number of allylic oxidation sites excluding steroid dienone is 6. The summed E-state index contributed by atoms with van der Waals surface area (Å²) in [7, 11) is -5.85. The van der Waals surface area contributed by atoms with Crippen molar-refractivity contribution in [2.24, 2.45) is 0 Å². The summed E-state index contributed by atoms with van der Waals surface area (Å²) in [5.41, 5.74) is 4.67. The van der Waals surface area contributed by atoms with Crippen molar-refractivity contribution in [3.05, 3.63) is 92.1 Å². The van der Waals surface area contributed by atoms with Gasteiger partial charge in [0.1, 0.15) is 0 Å². The number of hydrogen-bond acceptors (Lipinski definition) is 2. The summed E-state index contributed by atoms with van der Waals surface area (Å²) in [6, 6.07) is 12.7. The van der Waals surface area contributed by atoms with E-state index in [-0.39, 0.29) is 23.7 Å². The van der Waals surface area contributed by atoms with Crippen LogP contribution in [0.5, 0.6) is 0 Å². The molecule has 0 aromatic heterocycles. The fourth-order valence-corrected chi connectivity index (χ4v) is 15.5. The lowest BCUT2D eigenvalue weighted by Crippen LogP contribution is -2.37. The van der Waals surface area contributed by atoms with Crippen molar-refractivity contribution < 1.29 is 9.13 Å². The maximum absolute atomic E-state index is 15.0. The smallest absolute Gasteiger partial charge is 0.173 e. The second-order valence-electron chi connectivity index (χ2n) is 11.2. The van der Waals surface area contributed by atoms with Crippen molar-refractivity contribution in [3.63, 3.8) is 0 Å². The van der Waals surface area contributed by atoms with E-state index in [0.717, 1.165) is 31.9 Å². The van der Waals surface area contributed by atoms with Gasteiger partial charge >= 0.3 is 0 Å². The Morgan fingerprint density at radius 3 is 0.971 bits per heavy atom. The average molecular weight is 491 g/mol. The van der Waals surface area contributed by atoms with Gasteiger partial charge < -0.3 is 9.13 Å². The molecule has 0 aliphatic carbocycles. The van der Waals surface area contributed by atoms with Crippen LogP contribution in [0.1, 0.15) is 101 Å². The van der Waals surface area contributed by atoms with Crippen LogP contribution in [0.2, 0.25) is 0 Å². The first-order chi connectivity index (χ1) is 16.0. The van der Waals surface area contributed by atoms with Crippen LogP contribution in [0, 0.1) is 0 Å². The van der Waals surface area contributed by atoms with E-state index in [2.05, 4.69) is 91.8 Å². The second-order valence-corrected chi connectivity index (χ2v) is 16.4. The summed E-state index contributed by atoms with van der Waals surface area (Å²) in [5.74, 6) is 1.11. The maximum Gasteiger partial charge on any atom is 0.173 e. The topological polar surface area (TPSA) is 34.1 Å². The highest BCUT2D eigenvalue weighted by atomic mass is 31.2. The first kappa shape index (κ1) is 23.8. The zero-order valence-corrected chi connectivity index (χ0v) is 23.4. The van der Waals surface area contributed by atoms with Gasteiger partial charge in [-0.1, -0.05) is 91.8 Å². The Morgan fingerprint density at radius 2 is 0.765 bits per heavy atom. The van der Waals surface area contributed by atoms with Gasteiger partial charge in [0.05, 0.1) is 0 Å². The van der Waals surface area contributed by atoms with Crippen molar-refractivity contribution in [1.29, 1.82) is 0 Å². The third kappa shape index (κ3) is 2.82. The molecule has 6 rings (SSSR count). The molecule has 2 atom stereocenters. The molecule has 0 saturated heterocycles. The molecular formula is C30H36O2P2. The van der Waals surface area contributed by atoms with Crippen LogP contribution in [0.4, 0.5) is 0 Å². The zero-order valence-electron chi connectivity index (χ0n) is 21.6. The Kier molecular flexibility index (Phi) is 5.48. The number of benzene rings is 2. The quantitative estimate of drug-likeness (QED) is 0.379. The molecule has 4 heterocycles. The van der Waals surface area contributed by atoms with Crippen LogP contribution in [0.25, 0.3) is 0 Å². The van der Waals surface area contributed by atoms with E-state index >= 15 is 0 Å². The molecular weight excluding hydrogens is 454 g/mol. The highest BCUT2D eigenvalue weighted by Gasteiger charge is 2.67. The minimum Gasteiger partial charge on any atom is -0.309 e. The molecule has 2 nitrogen and oxygen atoms in total. The van der Waals surface area contributed by atoms with Gasteiger partial charge in [0.25, 0.3) is 0 Å². The number of fused-ring (bicyclic) bond motifs is 1. The Hall–Kier alpha value is -1.88. The van der Waals surface area contributed by atoms with Crippen molar-refractivity contribution >= 4 is 24.9 Å². The third-order valence-electron chi connectivity index (χ3n) is 7.73. The van der Waals surface area contributed by atoms with E-state index in [0.29, 0.717) is 0 Å². The van der Waals surface area contributed by atoms with Crippen LogP contribution in [0.15, 0.2) is 69.8 Å². The van der Waals surface area contributed by atoms with E-state index in [4.69, 9.17) is 0 Å². The van der Waals surface area contributed by atoms with E-state index in [9.17, 15) is 9.13 Å². The molecule has 2 aromatic rings. The van der Waals surface area contributed by atoms with Gasteiger partial charge in [-0.2, -0.15) is 0 Å². The molecule has 4 aliphatic heterocycles. The largest absolute Gasteiger partial charge is 0.309 e. The maximum atomic E-state index is 15.0. The lowest BCUT2D eigenvalue weighted by atomic mass is 9.95. The molecule has 0 radical (unpaired) electrons. The predicted molar refractivity (Wildman–Crippen MR) is 147 cm³/mol. The lowest BCUT2D eigenvalue weighted by molar-refractivity contribution is 0.577. The van der Waals surface area contributed by atoms with E-state index in [1.165, 1.54) is 22.3 Å². The summed E-state index contributed by atoms with van der Waals surface area (Å²) >= 11 is 0. The van der Waals surface area contributed by atoms with Gasteiger partial charge in [-0.25, -0.2) is 0 Å². The van der Waals surface area contributed by atoms with Crippen molar-refractivity contribution in [1.82, 2.24) is 0 Å². The fraction of sp³-hybridized carbons (Fsp3) is 0.400. The molecule has 2 unspecified atom stereocenters. The first-order valence-corrected chi connectivity index (χ1v) is 16.0. The molecule has 0 N–H and O–H groups in total. The van der Waals surface area contributed by atoms with Gasteiger partial charge in [-0.05, 0) is 58.1 Å². The molecule has 2 aromatic carbocycles. The Labute approximate surface area is 205 Å². The molecule has 0 spiro atoms. The predicted octanol–water partition coefficient (Wildman–Crippen LogP) is 8.88. The Morgan fingerprint density at radius 1 is 0.500 bits per heavy atom. The summed E-state index contributed by atoms with van der Waals surface area (Å²) in [6.07, 6.45) is 4.03. The molecule has 4 aliphatic rings. The van der Waals surface area contributed by atoms with E-state index in [1.807, 2.05) is 12.2 Å². The van der Waals surface area contributed by atoms with Crippen LogP contribution in [-0.4, -0.2) is 0 Å². The first-order valence-electron chi connectivity index (χ1n) is 12.6. The van der Waals surface area contributed by atoms with Crippen LogP contribution in [-0.2, 0) is 9.13 Å². The van der Waals surface area contributed by atoms with Crippen molar-refractivity contribution in [3.8, 4) is 0 Å². The van der Waals surface area contributed by atoms with E-state index in [1.54, 1.807) is 0 Å². The standard InChI is InChI=1S/C30H36O2P2/c1-17(2)21-11-9-12-22(18(3)4)27(21)33(31)25-15-16-26-29(33)30(25)34(26,32)28-23(19(5)6)13-10-14-24(28)20(7)8/h9-20H,1-8H3. The average Bonchev–Trinajstić information content (AvgIpc) is 2.81. The highest BCUT2D eigenvalue weighted by Crippen LogP contribution is 2.95. The van der Waals surface area contributed by atoms with E-state index < -0.39 is 14.3 Å². The third-order valence-corrected chi connectivity index (χ3v) is 14.8. The van der Waals surface area contributed by atoms with Gasteiger partial charge in [-0.15, -0.1) is 0 Å². The molecule has 0 amide bonds. The van der Waals surface area contributed by atoms with Crippen LogP contribution >= 0.6 is 14.3 Å². The Bertz CT molecular complexity index is 1250. The van der Waals surface area contributed by atoms with Crippen LogP contribution in [0.3, 0.4) is 0 Å². The van der Waals surface area contributed by atoms with Gasteiger partial charge in [0.15, 0.2) is 14.3 Å². The molecule has 0 fully saturated rings. The Balaban J connectivity index is 1.77. The monoisotopic (exact) mass is 490 g/mol. The molecule has 4 heteroatoms. The minimum absolute atomic E-state index is 0.276. The summed E-state index contributed by atoms with van der Waals surface area (Å²) < 4.78 is 30.0. The normalized spacial score (nSPS) is 25.1. The molecule has 178 valence electrons. The SMILES string of the molecule is CC(C)c1cccc(C(C)C)c1P1(=O)C2=CC=C3C1=C2P3(=O)c1c(C(C)C)cccc1C(C)C. The van der Waals surface area contributed by atoms with Crippen molar-refractivity contribution in [2.45, 2.75) is 79.1 Å². The summed E-state index contributed by atoms with van der Waals surface area (Å²) in [6.45, 7) is 17.4. The summed E-state index contributed by atoms with van der Waals surface area (Å²) in [5, 5.41) is 5.56. The second kappa shape index (κ2) is 7.81. The zero-order chi connectivity index (χ0) is 24.7. The highest BCUT2D eigenvalue weighted by molar-refractivity contribution is 7.94. The minimum atomic E-state index is -2.93. The van der Waals surface area contributed by atoms with Crippen molar-refractivity contribution in [2.75, 3.05) is 0 Å². The number of rotatable bonds is 6. The van der Waals surface area contributed by atoms with Gasteiger partial charge in [0, 0.05) is 31.9 Å². The fourth-order valence-electron chi connectivity index (χ4n) is 6.04. The van der Waals surface area contributed by atoms with Crippen LogP contribution < -0.4 is 10.6 Å². The van der Waals surface area contributed by atoms with Gasteiger partial charge in [0.2, 0.25) is 0 Å². The summed E-state index contributed by atoms with van der Waals surface area (Å²) in [4.78, 5) is 0. The molecule has 4 bridgehead atoms. The molecule has 0 saturated carbocycles. The van der Waals surface area contributed by atoms with Gasteiger partial charge in [-0.3, -0.25) is 0 Å². The molecule has 34 heavy (non-hydrogen) atoms.